The summed E-state index contributed by atoms with van der Waals surface area (Å²) < 4.78 is 11.1. The van der Waals surface area contributed by atoms with Crippen molar-refractivity contribution < 1.29 is 14.3 Å². The minimum atomic E-state index is 0.0753. The summed E-state index contributed by atoms with van der Waals surface area (Å²) in [6.45, 7) is 5.49. The van der Waals surface area contributed by atoms with Crippen LogP contribution in [0.25, 0.3) is 0 Å². The van der Waals surface area contributed by atoms with Crippen LogP contribution in [0.3, 0.4) is 0 Å². The van der Waals surface area contributed by atoms with E-state index in [1.54, 1.807) is 0 Å². The largest absolute Gasteiger partial charge is 0.493 e. The van der Waals surface area contributed by atoms with Crippen LogP contribution >= 0.6 is 0 Å². The molecule has 1 aromatic rings. The van der Waals surface area contributed by atoms with Crippen LogP contribution in [0, 0.1) is 5.92 Å². The van der Waals surface area contributed by atoms with Crippen LogP contribution in [-0.4, -0.2) is 56.8 Å². The Hall–Kier alpha value is -1.59. The van der Waals surface area contributed by atoms with Crippen LogP contribution in [-0.2, 0) is 4.74 Å². The molecule has 1 aromatic carbocycles. The maximum absolute atomic E-state index is 12.3. The van der Waals surface area contributed by atoms with E-state index in [9.17, 15) is 4.79 Å². The van der Waals surface area contributed by atoms with E-state index in [1.807, 2.05) is 29.2 Å². The Bertz CT molecular complexity index is 477. The Morgan fingerprint density at radius 1 is 1.27 bits per heavy atom. The lowest BCUT2D eigenvalue weighted by atomic mass is 10.0. The maximum Gasteiger partial charge on any atom is 0.254 e. The van der Waals surface area contributed by atoms with Crippen LogP contribution in [0.5, 0.6) is 5.75 Å². The zero-order valence-corrected chi connectivity index (χ0v) is 12.9. The van der Waals surface area contributed by atoms with Crippen LogP contribution in [0.15, 0.2) is 24.3 Å². The van der Waals surface area contributed by atoms with E-state index < -0.39 is 0 Å². The number of nitrogens with one attached hydrogen (secondary N) is 1. The summed E-state index contributed by atoms with van der Waals surface area (Å²) in [5.41, 5.74) is 0.716. The Labute approximate surface area is 131 Å². The highest BCUT2D eigenvalue weighted by Crippen LogP contribution is 2.17. The first-order valence-electron chi connectivity index (χ1n) is 8.13. The summed E-state index contributed by atoms with van der Waals surface area (Å²) in [5.74, 6) is 1.50. The normalized spacial score (nSPS) is 22.4. The summed E-state index contributed by atoms with van der Waals surface area (Å²) >= 11 is 0. The number of hydrogen-bond acceptors (Lipinski definition) is 4. The number of amides is 1. The number of carbonyl (C=O) groups is 1. The number of morpholine rings is 1. The lowest BCUT2D eigenvalue weighted by Gasteiger charge is -2.27. The van der Waals surface area contributed by atoms with E-state index in [0.717, 1.165) is 25.4 Å². The quantitative estimate of drug-likeness (QED) is 0.917. The third-order valence-electron chi connectivity index (χ3n) is 4.28. The molecule has 2 saturated heterocycles. The van der Waals surface area contributed by atoms with Crippen molar-refractivity contribution in [3.63, 3.8) is 0 Å². The highest BCUT2D eigenvalue weighted by atomic mass is 16.5. The zero-order valence-electron chi connectivity index (χ0n) is 12.9. The van der Waals surface area contributed by atoms with Crippen molar-refractivity contribution in [3.05, 3.63) is 29.8 Å². The molecule has 2 aliphatic rings. The van der Waals surface area contributed by atoms with Gasteiger partial charge in [-0.05, 0) is 43.7 Å². The number of nitrogens with zero attached hydrogens (tertiary/aromatic N) is 1. The fourth-order valence-electron chi connectivity index (χ4n) is 2.92. The molecule has 3 rings (SSSR count). The molecule has 2 heterocycles. The SMILES string of the molecule is O=C(c1ccc(OC[C@@H]2CCCNC2)cc1)N1CCOCC1. The second kappa shape index (κ2) is 7.61. The molecule has 0 unspecified atom stereocenters. The van der Waals surface area contributed by atoms with Gasteiger partial charge in [-0.1, -0.05) is 0 Å². The van der Waals surface area contributed by atoms with Crippen molar-refractivity contribution in [1.29, 1.82) is 0 Å². The minimum absolute atomic E-state index is 0.0753. The lowest BCUT2D eigenvalue weighted by Crippen LogP contribution is -2.40. The summed E-state index contributed by atoms with van der Waals surface area (Å²) in [6.07, 6.45) is 2.45. The van der Waals surface area contributed by atoms with Crippen LogP contribution in [0.4, 0.5) is 0 Å². The van der Waals surface area contributed by atoms with E-state index in [0.29, 0.717) is 37.8 Å². The Kier molecular flexibility index (Phi) is 5.29. The molecule has 5 heteroatoms. The number of rotatable bonds is 4. The topological polar surface area (TPSA) is 50.8 Å². The van der Waals surface area contributed by atoms with Gasteiger partial charge in [0.25, 0.3) is 5.91 Å². The van der Waals surface area contributed by atoms with Crippen molar-refractivity contribution in [1.82, 2.24) is 10.2 Å². The fourth-order valence-corrected chi connectivity index (χ4v) is 2.92. The van der Waals surface area contributed by atoms with Crippen molar-refractivity contribution in [2.24, 2.45) is 5.92 Å². The summed E-state index contributed by atoms with van der Waals surface area (Å²) in [6, 6.07) is 7.49. The van der Waals surface area contributed by atoms with E-state index >= 15 is 0 Å². The summed E-state index contributed by atoms with van der Waals surface area (Å²) in [7, 11) is 0. The molecule has 5 nitrogen and oxygen atoms in total. The van der Waals surface area contributed by atoms with Crippen LogP contribution in [0.1, 0.15) is 23.2 Å². The van der Waals surface area contributed by atoms with Gasteiger partial charge in [0.1, 0.15) is 5.75 Å². The van der Waals surface area contributed by atoms with Crippen molar-refractivity contribution in [2.75, 3.05) is 46.0 Å². The van der Waals surface area contributed by atoms with Gasteiger partial charge in [0.15, 0.2) is 0 Å². The number of ether oxygens (including phenoxy) is 2. The van der Waals surface area contributed by atoms with E-state index in [2.05, 4.69) is 5.32 Å². The van der Waals surface area contributed by atoms with E-state index in [4.69, 9.17) is 9.47 Å². The molecule has 0 saturated carbocycles. The first kappa shape index (κ1) is 15.3. The number of hydrogen-bond donors (Lipinski definition) is 1. The molecule has 2 fully saturated rings. The van der Waals surface area contributed by atoms with E-state index in [1.165, 1.54) is 12.8 Å². The molecular formula is C17H24N2O3. The van der Waals surface area contributed by atoms with Crippen molar-refractivity contribution in [2.45, 2.75) is 12.8 Å². The average Bonchev–Trinajstić information content (AvgIpc) is 2.61. The first-order chi connectivity index (χ1) is 10.8. The Balaban J connectivity index is 1.51. The third kappa shape index (κ3) is 3.99. The van der Waals surface area contributed by atoms with Gasteiger partial charge in [0.05, 0.1) is 19.8 Å². The maximum atomic E-state index is 12.3. The van der Waals surface area contributed by atoms with Gasteiger partial charge in [0, 0.05) is 31.1 Å². The molecule has 1 amide bonds. The molecule has 120 valence electrons. The molecule has 0 bridgehead atoms. The summed E-state index contributed by atoms with van der Waals surface area (Å²) in [4.78, 5) is 14.2. The van der Waals surface area contributed by atoms with Gasteiger partial charge in [0.2, 0.25) is 0 Å². The monoisotopic (exact) mass is 304 g/mol. The molecule has 0 spiro atoms. The zero-order chi connectivity index (χ0) is 15.2. The fraction of sp³-hybridized carbons (Fsp3) is 0.588. The summed E-state index contributed by atoms with van der Waals surface area (Å²) in [5, 5.41) is 3.39. The number of piperidine rings is 1. The third-order valence-corrected chi connectivity index (χ3v) is 4.28. The predicted octanol–water partition coefficient (Wildman–Crippen LogP) is 1.54. The van der Waals surface area contributed by atoms with E-state index in [-0.39, 0.29) is 5.91 Å². The lowest BCUT2D eigenvalue weighted by molar-refractivity contribution is 0.0303. The second-order valence-electron chi connectivity index (χ2n) is 5.95. The molecule has 0 aliphatic carbocycles. The van der Waals surface area contributed by atoms with Crippen molar-refractivity contribution >= 4 is 5.91 Å². The molecule has 1 atom stereocenters. The highest BCUT2D eigenvalue weighted by molar-refractivity contribution is 5.94. The molecule has 22 heavy (non-hydrogen) atoms. The Morgan fingerprint density at radius 3 is 2.73 bits per heavy atom. The standard InChI is InChI=1S/C17H24N2O3/c20-17(19-8-10-21-11-9-19)15-3-5-16(6-4-15)22-13-14-2-1-7-18-12-14/h3-6,14,18H,1-2,7-13H2/t14-/m1/s1. The van der Waals surface area contributed by atoms with Gasteiger partial charge in [-0.3, -0.25) is 4.79 Å². The molecule has 2 aliphatic heterocycles. The van der Waals surface area contributed by atoms with Gasteiger partial charge in [-0.25, -0.2) is 0 Å². The average molecular weight is 304 g/mol. The molecule has 0 radical (unpaired) electrons. The van der Waals surface area contributed by atoms with Gasteiger partial charge < -0.3 is 19.7 Å². The minimum Gasteiger partial charge on any atom is -0.493 e. The number of benzene rings is 1. The highest BCUT2D eigenvalue weighted by Gasteiger charge is 2.18. The Morgan fingerprint density at radius 2 is 2.05 bits per heavy atom. The van der Waals surface area contributed by atoms with Crippen LogP contribution in [0.2, 0.25) is 0 Å². The smallest absolute Gasteiger partial charge is 0.254 e. The second-order valence-corrected chi connectivity index (χ2v) is 5.95. The molecule has 0 aromatic heterocycles. The molecular weight excluding hydrogens is 280 g/mol. The van der Waals surface area contributed by atoms with Gasteiger partial charge in [-0.15, -0.1) is 0 Å². The van der Waals surface area contributed by atoms with Crippen LogP contribution < -0.4 is 10.1 Å². The van der Waals surface area contributed by atoms with Gasteiger partial charge >= 0.3 is 0 Å². The van der Waals surface area contributed by atoms with Crippen molar-refractivity contribution in [3.8, 4) is 5.75 Å². The number of carbonyl (C=O) groups excluding carboxylic acids is 1. The predicted molar refractivity (Wildman–Crippen MR) is 84.3 cm³/mol. The molecule has 1 N–H and O–H groups in total. The van der Waals surface area contributed by atoms with Gasteiger partial charge in [-0.2, -0.15) is 0 Å². The first-order valence-corrected chi connectivity index (χ1v) is 8.13.